The number of aromatic nitrogens is 3. The van der Waals surface area contributed by atoms with Gasteiger partial charge in [-0.3, -0.25) is 4.68 Å². The molecule has 1 aliphatic rings. The van der Waals surface area contributed by atoms with Gasteiger partial charge >= 0.3 is 0 Å². The van der Waals surface area contributed by atoms with Gasteiger partial charge in [-0.2, -0.15) is 0 Å². The summed E-state index contributed by atoms with van der Waals surface area (Å²) >= 11 is 5.29. The van der Waals surface area contributed by atoms with Gasteiger partial charge in [-0.15, -0.1) is 5.10 Å². The summed E-state index contributed by atoms with van der Waals surface area (Å²) in [6.07, 6.45) is 11.1. The van der Waals surface area contributed by atoms with Crippen LogP contribution in [-0.4, -0.2) is 32.7 Å². The largest absolute Gasteiger partial charge is 0.363 e. The Morgan fingerprint density at radius 3 is 2.89 bits per heavy atom. The summed E-state index contributed by atoms with van der Waals surface area (Å²) in [6.45, 7) is 1.75. The first-order valence-electron chi connectivity index (χ1n) is 6.73. The van der Waals surface area contributed by atoms with Crippen molar-refractivity contribution in [1.82, 2.24) is 25.6 Å². The van der Waals surface area contributed by atoms with E-state index >= 15 is 0 Å². The van der Waals surface area contributed by atoms with Crippen molar-refractivity contribution in [3.8, 4) is 0 Å². The van der Waals surface area contributed by atoms with Crippen LogP contribution in [0.2, 0.25) is 0 Å². The van der Waals surface area contributed by atoms with E-state index in [9.17, 15) is 0 Å². The third-order valence-electron chi connectivity index (χ3n) is 3.26. The van der Waals surface area contributed by atoms with Gasteiger partial charge in [0.2, 0.25) is 0 Å². The number of thiocarbonyl (C=S) groups is 1. The van der Waals surface area contributed by atoms with E-state index in [4.69, 9.17) is 12.2 Å². The first-order chi connectivity index (χ1) is 8.84. The molecule has 0 radical (unpaired) electrons. The molecule has 1 fully saturated rings. The van der Waals surface area contributed by atoms with Crippen LogP contribution in [-0.2, 0) is 6.54 Å². The Kier molecular flexibility index (Phi) is 5.38. The van der Waals surface area contributed by atoms with Crippen LogP contribution in [0.1, 0.15) is 38.5 Å². The fourth-order valence-electron chi connectivity index (χ4n) is 2.28. The number of nitrogens with one attached hydrogen (secondary N) is 2. The monoisotopic (exact) mass is 267 g/mol. The number of rotatable bonds is 5. The smallest absolute Gasteiger partial charge is 0.166 e. The average molecular weight is 267 g/mol. The van der Waals surface area contributed by atoms with Gasteiger partial charge in [0, 0.05) is 25.3 Å². The second-order valence-corrected chi connectivity index (χ2v) is 5.16. The molecule has 0 saturated heterocycles. The molecule has 1 aliphatic carbocycles. The molecule has 2 N–H and O–H groups in total. The maximum Gasteiger partial charge on any atom is 0.166 e. The Balaban J connectivity index is 1.54. The van der Waals surface area contributed by atoms with Crippen molar-refractivity contribution in [2.75, 3.05) is 6.54 Å². The van der Waals surface area contributed by atoms with Crippen molar-refractivity contribution < 1.29 is 0 Å². The van der Waals surface area contributed by atoms with Gasteiger partial charge in [-0.1, -0.05) is 24.5 Å². The minimum absolute atomic E-state index is 0.578. The summed E-state index contributed by atoms with van der Waals surface area (Å²) < 4.78 is 1.83. The number of hydrogen-bond acceptors (Lipinski definition) is 3. The maximum absolute atomic E-state index is 5.29. The molecule has 1 aromatic rings. The highest BCUT2D eigenvalue weighted by atomic mass is 32.1. The van der Waals surface area contributed by atoms with Crippen molar-refractivity contribution in [1.29, 1.82) is 0 Å². The van der Waals surface area contributed by atoms with Gasteiger partial charge in [0.25, 0.3) is 0 Å². The van der Waals surface area contributed by atoms with E-state index in [-0.39, 0.29) is 0 Å². The summed E-state index contributed by atoms with van der Waals surface area (Å²) in [5.74, 6) is 0. The third-order valence-corrected chi connectivity index (χ3v) is 3.52. The molecule has 1 saturated carbocycles. The standard InChI is InChI=1S/C12H21N5S/c18-12(15-11-5-2-1-3-6-11)13-7-4-9-17-10-8-14-16-17/h8,10-11H,1-7,9H2,(H2,13,15,18). The quantitative estimate of drug-likeness (QED) is 0.625. The van der Waals surface area contributed by atoms with E-state index in [0.717, 1.165) is 24.6 Å². The highest BCUT2D eigenvalue weighted by Gasteiger charge is 2.13. The van der Waals surface area contributed by atoms with Crippen LogP contribution >= 0.6 is 12.2 Å². The Morgan fingerprint density at radius 2 is 2.17 bits per heavy atom. The lowest BCUT2D eigenvalue weighted by Crippen LogP contribution is -2.43. The van der Waals surface area contributed by atoms with Crippen molar-refractivity contribution in [2.45, 2.75) is 51.1 Å². The summed E-state index contributed by atoms with van der Waals surface area (Å²) in [7, 11) is 0. The molecule has 18 heavy (non-hydrogen) atoms. The Morgan fingerprint density at radius 1 is 1.33 bits per heavy atom. The van der Waals surface area contributed by atoms with Gasteiger partial charge in [-0.05, 0) is 31.5 Å². The normalized spacial score (nSPS) is 16.4. The fourth-order valence-corrected chi connectivity index (χ4v) is 2.55. The molecule has 0 aliphatic heterocycles. The first kappa shape index (κ1) is 13.3. The molecule has 100 valence electrons. The van der Waals surface area contributed by atoms with E-state index in [1.807, 2.05) is 10.9 Å². The highest BCUT2D eigenvalue weighted by molar-refractivity contribution is 7.80. The molecular formula is C12H21N5S. The lowest BCUT2D eigenvalue weighted by atomic mass is 9.96. The number of nitrogens with zero attached hydrogens (tertiary/aromatic N) is 3. The van der Waals surface area contributed by atoms with Gasteiger partial charge in [-0.25, -0.2) is 0 Å². The zero-order chi connectivity index (χ0) is 12.6. The van der Waals surface area contributed by atoms with Gasteiger partial charge < -0.3 is 10.6 Å². The zero-order valence-corrected chi connectivity index (χ0v) is 11.5. The zero-order valence-electron chi connectivity index (χ0n) is 10.6. The summed E-state index contributed by atoms with van der Waals surface area (Å²) in [5, 5.41) is 15.1. The molecule has 5 nitrogen and oxygen atoms in total. The predicted octanol–water partition coefficient (Wildman–Crippen LogP) is 1.46. The molecule has 0 atom stereocenters. The van der Waals surface area contributed by atoms with Crippen LogP contribution in [0, 0.1) is 0 Å². The molecule has 0 unspecified atom stereocenters. The van der Waals surface area contributed by atoms with E-state index in [1.54, 1.807) is 6.20 Å². The van der Waals surface area contributed by atoms with Crippen LogP contribution in [0.5, 0.6) is 0 Å². The van der Waals surface area contributed by atoms with Crippen LogP contribution in [0.15, 0.2) is 12.4 Å². The molecular weight excluding hydrogens is 246 g/mol. The van der Waals surface area contributed by atoms with Crippen molar-refractivity contribution >= 4 is 17.3 Å². The van der Waals surface area contributed by atoms with Crippen molar-refractivity contribution in [2.24, 2.45) is 0 Å². The van der Waals surface area contributed by atoms with E-state index < -0.39 is 0 Å². The minimum Gasteiger partial charge on any atom is -0.363 e. The Bertz CT molecular complexity index is 345. The average Bonchev–Trinajstić information content (AvgIpc) is 2.89. The molecule has 0 bridgehead atoms. The lowest BCUT2D eigenvalue weighted by Gasteiger charge is -2.24. The molecule has 0 spiro atoms. The second kappa shape index (κ2) is 7.31. The molecule has 2 rings (SSSR count). The second-order valence-electron chi connectivity index (χ2n) is 4.75. The summed E-state index contributed by atoms with van der Waals surface area (Å²) in [6, 6.07) is 0.578. The van der Waals surface area contributed by atoms with Gasteiger partial charge in [0.1, 0.15) is 0 Å². The molecule has 1 heterocycles. The molecule has 6 heteroatoms. The van der Waals surface area contributed by atoms with E-state index in [2.05, 4.69) is 20.9 Å². The number of aryl methyl sites for hydroxylation is 1. The van der Waals surface area contributed by atoms with E-state index in [0.29, 0.717) is 6.04 Å². The van der Waals surface area contributed by atoms with Crippen LogP contribution in [0.4, 0.5) is 0 Å². The molecule has 0 amide bonds. The minimum atomic E-state index is 0.578. The Labute approximate surface area is 113 Å². The predicted molar refractivity (Wildman–Crippen MR) is 75.2 cm³/mol. The van der Waals surface area contributed by atoms with Gasteiger partial charge in [0.05, 0.1) is 6.20 Å². The highest BCUT2D eigenvalue weighted by Crippen LogP contribution is 2.17. The third kappa shape index (κ3) is 4.60. The maximum atomic E-state index is 5.29. The van der Waals surface area contributed by atoms with Crippen LogP contribution in [0.25, 0.3) is 0 Å². The SMILES string of the molecule is S=C(NCCCn1ccnn1)NC1CCCCC1. The van der Waals surface area contributed by atoms with Crippen molar-refractivity contribution in [3.05, 3.63) is 12.4 Å². The lowest BCUT2D eigenvalue weighted by molar-refractivity contribution is 0.411. The summed E-state index contributed by atoms with van der Waals surface area (Å²) in [5.41, 5.74) is 0. The first-order valence-corrected chi connectivity index (χ1v) is 7.14. The van der Waals surface area contributed by atoms with Crippen LogP contribution in [0.3, 0.4) is 0 Å². The molecule has 0 aromatic carbocycles. The van der Waals surface area contributed by atoms with Crippen molar-refractivity contribution in [3.63, 3.8) is 0 Å². The van der Waals surface area contributed by atoms with Crippen LogP contribution < -0.4 is 10.6 Å². The topological polar surface area (TPSA) is 54.8 Å². The summed E-state index contributed by atoms with van der Waals surface area (Å²) in [4.78, 5) is 0. The Hall–Kier alpha value is -1.17. The van der Waals surface area contributed by atoms with E-state index in [1.165, 1.54) is 32.1 Å². The van der Waals surface area contributed by atoms with Gasteiger partial charge in [0.15, 0.2) is 5.11 Å². The fraction of sp³-hybridized carbons (Fsp3) is 0.750. The number of hydrogen-bond donors (Lipinski definition) is 2. The molecule has 1 aromatic heterocycles.